The minimum Gasteiger partial charge on any atom is -0.310 e. The molecule has 21 heavy (non-hydrogen) atoms. The third-order valence-electron chi connectivity index (χ3n) is 4.61. The first-order valence-corrected chi connectivity index (χ1v) is 7.46. The maximum Gasteiger partial charge on any atom is 0.237 e. The van der Waals surface area contributed by atoms with E-state index in [4.69, 9.17) is 0 Å². The van der Waals surface area contributed by atoms with Crippen LogP contribution in [0.3, 0.4) is 0 Å². The van der Waals surface area contributed by atoms with E-state index in [0.717, 1.165) is 30.5 Å². The number of rotatable bonds is 2. The maximum atomic E-state index is 12.6. The van der Waals surface area contributed by atoms with Gasteiger partial charge in [-0.05, 0) is 30.0 Å². The number of aromatic nitrogens is 2. The standard InChI is InChI=1S/C17H17N3O/c1-2-4-11-7-12-8-17(9-14(12)19-10-11)13-5-3-6-18-15(13)20-16(17)21/h3,5-7,10H,2,4,8-9H2,1H3,(H,18,20,21)/t17-/m0/s1. The Kier molecular flexibility index (Phi) is 2.61. The Balaban J connectivity index is 1.78. The van der Waals surface area contributed by atoms with Crippen LogP contribution >= 0.6 is 0 Å². The van der Waals surface area contributed by atoms with E-state index >= 15 is 0 Å². The van der Waals surface area contributed by atoms with Gasteiger partial charge < -0.3 is 5.32 Å². The van der Waals surface area contributed by atoms with Crippen molar-refractivity contribution in [1.29, 1.82) is 0 Å². The van der Waals surface area contributed by atoms with Gasteiger partial charge in [-0.3, -0.25) is 9.78 Å². The molecule has 0 unspecified atom stereocenters. The van der Waals surface area contributed by atoms with E-state index in [-0.39, 0.29) is 5.91 Å². The van der Waals surface area contributed by atoms with Crippen LogP contribution in [-0.2, 0) is 29.5 Å². The topological polar surface area (TPSA) is 54.9 Å². The molecule has 0 saturated carbocycles. The average molecular weight is 279 g/mol. The molecule has 0 radical (unpaired) electrons. The summed E-state index contributed by atoms with van der Waals surface area (Å²) in [6.07, 6.45) is 7.24. The van der Waals surface area contributed by atoms with Gasteiger partial charge in [-0.15, -0.1) is 0 Å². The molecule has 1 aliphatic carbocycles. The number of carbonyl (C=O) groups excluding carboxylic acids is 1. The van der Waals surface area contributed by atoms with Crippen molar-refractivity contribution in [3.05, 3.63) is 53.0 Å². The smallest absolute Gasteiger partial charge is 0.237 e. The molecular weight excluding hydrogens is 262 g/mol. The predicted molar refractivity (Wildman–Crippen MR) is 80.2 cm³/mol. The number of hydrogen-bond acceptors (Lipinski definition) is 3. The van der Waals surface area contributed by atoms with E-state index in [2.05, 4.69) is 28.3 Å². The molecule has 2 aliphatic rings. The second-order valence-corrected chi connectivity index (χ2v) is 5.99. The van der Waals surface area contributed by atoms with Crippen LogP contribution < -0.4 is 5.32 Å². The first-order valence-electron chi connectivity index (χ1n) is 7.46. The van der Waals surface area contributed by atoms with Crippen molar-refractivity contribution in [3.8, 4) is 0 Å². The number of pyridine rings is 2. The third-order valence-corrected chi connectivity index (χ3v) is 4.61. The summed E-state index contributed by atoms with van der Waals surface area (Å²) in [5.74, 6) is 0.773. The molecule has 2 aromatic heterocycles. The molecule has 4 rings (SSSR count). The number of nitrogens with one attached hydrogen (secondary N) is 1. The Morgan fingerprint density at radius 2 is 2.24 bits per heavy atom. The molecule has 106 valence electrons. The minimum atomic E-state index is -0.496. The Bertz CT molecular complexity index is 741. The molecule has 0 aromatic carbocycles. The summed E-state index contributed by atoms with van der Waals surface area (Å²) < 4.78 is 0. The average Bonchev–Trinajstić information content (AvgIpc) is 2.99. The quantitative estimate of drug-likeness (QED) is 0.918. The molecule has 4 heteroatoms. The first kappa shape index (κ1) is 12.5. The zero-order valence-corrected chi connectivity index (χ0v) is 12.0. The second-order valence-electron chi connectivity index (χ2n) is 5.99. The van der Waals surface area contributed by atoms with E-state index in [9.17, 15) is 4.79 Å². The molecule has 0 saturated heterocycles. The lowest BCUT2D eigenvalue weighted by molar-refractivity contribution is -0.120. The molecule has 1 spiro atoms. The Hall–Kier alpha value is -2.23. The van der Waals surface area contributed by atoms with Gasteiger partial charge in [0.25, 0.3) is 0 Å². The van der Waals surface area contributed by atoms with Crippen LogP contribution in [-0.4, -0.2) is 15.9 Å². The van der Waals surface area contributed by atoms with Gasteiger partial charge in [0.05, 0.1) is 5.41 Å². The van der Waals surface area contributed by atoms with E-state index in [0.29, 0.717) is 12.2 Å². The van der Waals surface area contributed by atoms with Gasteiger partial charge in [0.15, 0.2) is 0 Å². The third kappa shape index (κ3) is 1.71. The van der Waals surface area contributed by atoms with Crippen molar-refractivity contribution in [1.82, 2.24) is 9.97 Å². The van der Waals surface area contributed by atoms with Crippen LogP contribution in [0.5, 0.6) is 0 Å². The molecule has 0 bridgehead atoms. The van der Waals surface area contributed by atoms with Gasteiger partial charge in [-0.2, -0.15) is 0 Å². The highest BCUT2D eigenvalue weighted by Gasteiger charge is 2.51. The van der Waals surface area contributed by atoms with Crippen LogP contribution in [0.1, 0.15) is 35.7 Å². The number of amides is 1. The summed E-state index contributed by atoms with van der Waals surface area (Å²) in [6, 6.07) is 6.14. The number of nitrogens with zero attached hydrogens (tertiary/aromatic N) is 2. The minimum absolute atomic E-state index is 0.0613. The maximum absolute atomic E-state index is 12.6. The molecule has 0 fully saturated rings. The van der Waals surface area contributed by atoms with Crippen molar-refractivity contribution in [2.24, 2.45) is 0 Å². The molecule has 1 N–H and O–H groups in total. The van der Waals surface area contributed by atoms with Crippen molar-refractivity contribution < 1.29 is 4.79 Å². The molecular formula is C17H17N3O. The lowest BCUT2D eigenvalue weighted by atomic mass is 9.80. The highest BCUT2D eigenvalue weighted by atomic mass is 16.2. The normalized spacial score (nSPS) is 22.2. The van der Waals surface area contributed by atoms with Gasteiger partial charge in [-0.25, -0.2) is 4.98 Å². The van der Waals surface area contributed by atoms with Gasteiger partial charge in [0, 0.05) is 30.1 Å². The van der Waals surface area contributed by atoms with E-state index < -0.39 is 5.41 Å². The van der Waals surface area contributed by atoms with E-state index in [1.54, 1.807) is 6.20 Å². The molecule has 1 aliphatic heterocycles. The lowest BCUT2D eigenvalue weighted by Gasteiger charge is -2.19. The molecule has 4 nitrogen and oxygen atoms in total. The largest absolute Gasteiger partial charge is 0.310 e. The van der Waals surface area contributed by atoms with E-state index in [1.807, 2.05) is 18.3 Å². The summed E-state index contributed by atoms with van der Waals surface area (Å²) in [4.78, 5) is 21.4. The van der Waals surface area contributed by atoms with E-state index in [1.165, 1.54) is 11.1 Å². The van der Waals surface area contributed by atoms with Crippen LogP contribution in [0.15, 0.2) is 30.6 Å². The van der Waals surface area contributed by atoms with Crippen molar-refractivity contribution >= 4 is 11.7 Å². The first-order chi connectivity index (χ1) is 10.2. The molecule has 1 amide bonds. The summed E-state index contributed by atoms with van der Waals surface area (Å²) in [6.45, 7) is 2.17. The lowest BCUT2D eigenvalue weighted by Crippen LogP contribution is -2.35. The van der Waals surface area contributed by atoms with Crippen LogP contribution in [0.2, 0.25) is 0 Å². The Morgan fingerprint density at radius 1 is 1.33 bits per heavy atom. The summed E-state index contributed by atoms with van der Waals surface area (Å²) >= 11 is 0. The molecule has 3 heterocycles. The van der Waals surface area contributed by atoms with Crippen LogP contribution in [0.4, 0.5) is 5.82 Å². The van der Waals surface area contributed by atoms with Gasteiger partial charge in [-0.1, -0.05) is 25.5 Å². The Labute approximate surface area is 123 Å². The zero-order chi connectivity index (χ0) is 14.4. The SMILES string of the molecule is CCCc1cnc2c(c1)C[C@@]1(C2)C(=O)Nc2ncccc21. The van der Waals surface area contributed by atoms with Crippen molar-refractivity contribution in [2.45, 2.75) is 38.0 Å². The fourth-order valence-electron chi connectivity index (χ4n) is 3.59. The summed E-state index contributed by atoms with van der Waals surface area (Å²) in [7, 11) is 0. The number of anilines is 1. The van der Waals surface area contributed by atoms with Crippen molar-refractivity contribution in [3.63, 3.8) is 0 Å². The van der Waals surface area contributed by atoms with Crippen LogP contribution in [0.25, 0.3) is 0 Å². The second kappa shape index (κ2) is 4.38. The summed E-state index contributed by atoms with van der Waals surface area (Å²) in [5, 5.41) is 2.93. The fraction of sp³-hybridized carbons (Fsp3) is 0.353. The predicted octanol–water partition coefficient (Wildman–Crippen LogP) is 2.42. The molecule has 1 atom stereocenters. The highest BCUT2D eigenvalue weighted by molar-refractivity contribution is 6.06. The number of aryl methyl sites for hydroxylation is 1. The van der Waals surface area contributed by atoms with Gasteiger partial charge in [0.2, 0.25) is 5.91 Å². The number of carbonyl (C=O) groups is 1. The van der Waals surface area contributed by atoms with Crippen molar-refractivity contribution in [2.75, 3.05) is 5.32 Å². The Morgan fingerprint density at radius 3 is 3.10 bits per heavy atom. The summed E-state index contributed by atoms with van der Waals surface area (Å²) in [5.41, 5.74) is 4.06. The van der Waals surface area contributed by atoms with Crippen LogP contribution in [0, 0.1) is 0 Å². The monoisotopic (exact) mass is 279 g/mol. The number of fused-ring (bicyclic) bond motifs is 3. The highest BCUT2D eigenvalue weighted by Crippen LogP contribution is 2.45. The van der Waals surface area contributed by atoms with Gasteiger partial charge >= 0.3 is 0 Å². The van der Waals surface area contributed by atoms with Gasteiger partial charge in [0.1, 0.15) is 5.82 Å². The fourth-order valence-corrected chi connectivity index (χ4v) is 3.59. The molecule has 2 aromatic rings. The number of hydrogen-bond donors (Lipinski definition) is 1. The zero-order valence-electron chi connectivity index (χ0n) is 12.0.